The highest BCUT2D eigenvalue weighted by atomic mass is 16.5. The molecule has 0 bridgehead atoms. The molecule has 0 spiro atoms. The average molecular weight is 278 g/mol. The normalized spacial score (nSPS) is 22.8. The molecule has 2 aliphatic rings. The van der Waals surface area contributed by atoms with Crippen LogP contribution in [0.1, 0.15) is 12.8 Å². The molecule has 1 N–H and O–H groups in total. The SMILES string of the molecule is O=C(Nc1ccc(N2CCOCC2)nn1)C1CCCO1. The van der Waals surface area contributed by atoms with Crippen molar-refractivity contribution >= 4 is 17.5 Å². The minimum Gasteiger partial charge on any atom is -0.378 e. The molecule has 7 heteroatoms. The number of nitrogens with one attached hydrogen (secondary N) is 1. The smallest absolute Gasteiger partial charge is 0.254 e. The van der Waals surface area contributed by atoms with Crippen molar-refractivity contribution in [1.29, 1.82) is 0 Å². The molecule has 1 amide bonds. The standard InChI is InChI=1S/C13H18N4O3/c18-13(10-2-1-7-20-10)14-11-3-4-12(16-15-11)17-5-8-19-9-6-17/h3-4,10H,1-2,5-9H2,(H,14,15,18). The summed E-state index contributed by atoms with van der Waals surface area (Å²) in [6.07, 6.45) is 1.35. The minimum atomic E-state index is -0.351. The van der Waals surface area contributed by atoms with Gasteiger partial charge in [-0.15, -0.1) is 10.2 Å². The lowest BCUT2D eigenvalue weighted by molar-refractivity contribution is -0.124. The Morgan fingerprint density at radius 1 is 1.25 bits per heavy atom. The lowest BCUT2D eigenvalue weighted by Crippen LogP contribution is -2.36. The fraction of sp³-hybridized carbons (Fsp3) is 0.615. The molecule has 3 heterocycles. The molecule has 1 aromatic heterocycles. The minimum absolute atomic E-state index is 0.143. The third-order valence-corrected chi connectivity index (χ3v) is 3.46. The maximum absolute atomic E-state index is 11.9. The van der Waals surface area contributed by atoms with Crippen molar-refractivity contribution in [3.63, 3.8) is 0 Å². The van der Waals surface area contributed by atoms with Gasteiger partial charge in [-0.1, -0.05) is 0 Å². The Kier molecular flexibility index (Phi) is 4.08. The number of carbonyl (C=O) groups excluding carboxylic acids is 1. The molecule has 1 aromatic rings. The van der Waals surface area contributed by atoms with E-state index in [0.717, 1.165) is 31.7 Å². The van der Waals surface area contributed by atoms with Gasteiger partial charge in [0.15, 0.2) is 11.6 Å². The second kappa shape index (κ2) is 6.15. The lowest BCUT2D eigenvalue weighted by atomic mass is 10.2. The molecule has 0 saturated carbocycles. The van der Waals surface area contributed by atoms with Gasteiger partial charge in [-0.3, -0.25) is 4.79 Å². The summed E-state index contributed by atoms with van der Waals surface area (Å²) in [5.41, 5.74) is 0. The zero-order valence-electron chi connectivity index (χ0n) is 11.2. The molecule has 108 valence electrons. The molecular formula is C13H18N4O3. The molecule has 0 radical (unpaired) electrons. The molecule has 0 aliphatic carbocycles. The molecule has 20 heavy (non-hydrogen) atoms. The van der Waals surface area contributed by atoms with Gasteiger partial charge in [0.05, 0.1) is 13.2 Å². The Morgan fingerprint density at radius 2 is 2.10 bits per heavy atom. The van der Waals surface area contributed by atoms with Gasteiger partial charge in [-0.25, -0.2) is 0 Å². The molecule has 2 saturated heterocycles. The molecule has 3 rings (SSSR count). The third-order valence-electron chi connectivity index (χ3n) is 3.46. The lowest BCUT2D eigenvalue weighted by Gasteiger charge is -2.27. The summed E-state index contributed by atoms with van der Waals surface area (Å²) in [6.45, 7) is 3.70. The number of rotatable bonds is 3. The van der Waals surface area contributed by atoms with Crippen molar-refractivity contribution in [3.8, 4) is 0 Å². The number of nitrogens with zero attached hydrogens (tertiary/aromatic N) is 3. The Morgan fingerprint density at radius 3 is 2.75 bits per heavy atom. The topological polar surface area (TPSA) is 76.6 Å². The zero-order valence-corrected chi connectivity index (χ0v) is 11.2. The summed E-state index contributed by atoms with van der Waals surface area (Å²) >= 11 is 0. The number of carbonyl (C=O) groups is 1. The van der Waals surface area contributed by atoms with Crippen LogP contribution in [0.3, 0.4) is 0 Å². The first-order chi connectivity index (χ1) is 9.83. The van der Waals surface area contributed by atoms with Crippen LogP contribution in [0.25, 0.3) is 0 Å². The highest BCUT2D eigenvalue weighted by Gasteiger charge is 2.24. The Hall–Kier alpha value is -1.73. The largest absolute Gasteiger partial charge is 0.378 e. The van der Waals surface area contributed by atoms with E-state index in [1.807, 2.05) is 6.07 Å². The average Bonchev–Trinajstić information content (AvgIpc) is 3.03. The van der Waals surface area contributed by atoms with Crippen molar-refractivity contribution in [2.75, 3.05) is 43.1 Å². The maximum Gasteiger partial charge on any atom is 0.254 e. The van der Waals surface area contributed by atoms with Gasteiger partial charge in [-0.05, 0) is 25.0 Å². The van der Waals surface area contributed by atoms with Crippen LogP contribution in [0.5, 0.6) is 0 Å². The predicted octanol–water partition coefficient (Wildman–Crippen LogP) is 0.431. The van der Waals surface area contributed by atoms with E-state index in [1.165, 1.54) is 0 Å². The van der Waals surface area contributed by atoms with Crippen LogP contribution in [-0.4, -0.2) is 55.1 Å². The summed E-state index contributed by atoms with van der Waals surface area (Å²) in [4.78, 5) is 14.0. The summed E-state index contributed by atoms with van der Waals surface area (Å²) in [7, 11) is 0. The molecule has 2 fully saturated rings. The number of anilines is 2. The van der Waals surface area contributed by atoms with Gasteiger partial charge in [0.25, 0.3) is 5.91 Å². The molecule has 1 atom stereocenters. The van der Waals surface area contributed by atoms with E-state index < -0.39 is 0 Å². The van der Waals surface area contributed by atoms with Crippen LogP contribution >= 0.6 is 0 Å². The van der Waals surface area contributed by atoms with Gasteiger partial charge in [-0.2, -0.15) is 0 Å². The first kappa shape index (κ1) is 13.3. The van der Waals surface area contributed by atoms with Crippen molar-refractivity contribution in [3.05, 3.63) is 12.1 Å². The first-order valence-electron chi connectivity index (χ1n) is 6.92. The summed E-state index contributed by atoms with van der Waals surface area (Å²) in [6, 6.07) is 3.63. The van der Waals surface area contributed by atoms with Gasteiger partial charge < -0.3 is 19.7 Å². The number of hydrogen-bond acceptors (Lipinski definition) is 6. The Balaban J connectivity index is 1.59. The van der Waals surface area contributed by atoms with E-state index in [4.69, 9.17) is 9.47 Å². The summed E-state index contributed by atoms with van der Waals surface area (Å²) < 4.78 is 10.6. The van der Waals surface area contributed by atoms with Gasteiger partial charge in [0, 0.05) is 19.7 Å². The molecule has 7 nitrogen and oxygen atoms in total. The summed E-state index contributed by atoms with van der Waals surface area (Å²) in [5, 5.41) is 10.9. The summed E-state index contributed by atoms with van der Waals surface area (Å²) in [5.74, 6) is 1.13. The highest BCUT2D eigenvalue weighted by molar-refractivity contribution is 5.93. The second-order valence-corrected chi connectivity index (χ2v) is 4.87. The van der Waals surface area contributed by atoms with Crippen LogP contribution in [0.2, 0.25) is 0 Å². The van der Waals surface area contributed by atoms with Crippen molar-refractivity contribution in [2.45, 2.75) is 18.9 Å². The Bertz CT molecular complexity index is 453. The number of morpholine rings is 1. The van der Waals surface area contributed by atoms with Gasteiger partial charge >= 0.3 is 0 Å². The number of aromatic nitrogens is 2. The molecule has 2 aliphatic heterocycles. The highest BCUT2D eigenvalue weighted by Crippen LogP contribution is 2.16. The van der Waals surface area contributed by atoms with Crippen LogP contribution in [0, 0.1) is 0 Å². The first-order valence-corrected chi connectivity index (χ1v) is 6.92. The van der Waals surface area contributed by atoms with E-state index in [9.17, 15) is 4.79 Å². The molecular weight excluding hydrogens is 260 g/mol. The third kappa shape index (κ3) is 3.05. The number of ether oxygens (including phenoxy) is 2. The quantitative estimate of drug-likeness (QED) is 0.864. The van der Waals surface area contributed by atoms with E-state index in [0.29, 0.717) is 25.6 Å². The number of hydrogen-bond donors (Lipinski definition) is 1. The van der Waals surface area contributed by atoms with E-state index >= 15 is 0 Å². The second-order valence-electron chi connectivity index (χ2n) is 4.87. The van der Waals surface area contributed by atoms with Gasteiger partial charge in [0.1, 0.15) is 6.10 Å². The number of amides is 1. The fourth-order valence-corrected chi connectivity index (χ4v) is 2.34. The van der Waals surface area contributed by atoms with Gasteiger partial charge in [0.2, 0.25) is 0 Å². The molecule has 0 aromatic carbocycles. The zero-order chi connectivity index (χ0) is 13.8. The van der Waals surface area contributed by atoms with Crippen molar-refractivity contribution in [1.82, 2.24) is 10.2 Å². The van der Waals surface area contributed by atoms with Crippen LogP contribution < -0.4 is 10.2 Å². The van der Waals surface area contributed by atoms with Crippen molar-refractivity contribution < 1.29 is 14.3 Å². The Labute approximate surface area is 117 Å². The van der Waals surface area contributed by atoms with Crippen LogP contribution in [0.4, 0.5) is 11.6 Å². The maximum atomic E-state index is 11.9. The monoisotopic (exact) mass is 278 g/mol. The van der Waals surface area contributed by atoms with E-state index in [1.54, 1.807) is 6.07 Å². The van der Waals surface area contributed by atoms with E-state index in [-0.39, 0.29) is 12.0 Å². The predicted molar refractivity (Wildman–Crippen MR) is 72.7 cm³/mol. The van der Waals surface area contributed by atoms with Crippen LogP contribution in [0.15, 0.2) is 12.1 Å². The molecule has 1 unspecified atom stereocenters. The van der Waals surface area contributed by atoms with Crippen LogP contribution in [-0.2, 0) is 14.3 Å². The van der Waals surface area contributed by atoms with E-state index in [2.05, 4.69) is 20.4 Å². The van der Waals surface area contributed by atoms with Crippen molar-refractivity contribution in [2.24, 2.45) is 0 Å². The fourth-order valence-electron chi connectivity index (χ4n) is 2.34.